The average molecular weight is 118 g/mol. The zero-order chi connectivity index (χ0) is 5.54. The summed E-state index contributed by atoms with van der Waals surface area (Å²) >= 11 is 5.29. The first-order valence-corrected chi connectivity index (χ1v) is 2.58. The van der Waals surface area contributed by atoms with E-state index in [-0.39, 0.29) is 0 Å². The largest absolute Gasteiger partial charge is 0.297 e. The van der Waals surface area contributed by atoms with Gasteiger partial charge in [-0.25, -0.2) is 0 Å². The molecule has 0 amide bonds. The average Bonchev–Trinajstić information content (AvgIpc) is 1.69. The molecule has 0 aromatic heterocycles. The Labute approximate surface area is 48.7 Å². The molecule has 0 aromatic carbocycles. The van der Waals surface area contributed by atoms with Crippen molar-refractivity contribution in [3.05, 3.63) is 12.2 Å². The first-order valence-electron chi connectivity index (χ1n) is 2.05. The van der Waals surface area contributed by atoms with Crippen LogP contribution in [0.3, 0.4) is 0 Å². The molecule has 0 radical (unpaired) electrons. The van der Waals surface area contributed by atoms with Crippen LogP contribution in [0.4, 0.5) is 0 Å². The lowest BCUT2D eigenvalue weighted by Crippen LogP contribution is -1.62. The summed E-state index contributed by atoms with van der Waals surface area (Å²) < 4.78 is 0. The van der Waals surface area contributed by atoms with Gasteiger partial charge in [0.2, 0.25) is 0 Å². The van der Waals surface area contributed by atoms with Gasteiger partial charge in [-0.1, -0.05) is 6.08 Å². The molecule has 0 unspecified atom stereocenters. The fourth-order valence-electron chi connectivity index (χ4n) is 0.198. The fraction of sp³-hybridized carbons (Fsp3) is 0.400. The molecule has 0 bridgehead atoms. The van der Waals surface area contributed by atoms with Crippen molar-refractivity contribution < 1.29 is 0 Å². The van der Waals surface area contributed by atoms with Crippen molar-refractivity contribution in [3.8, 4) is 0 Å². The summed E-state index contributed by atoms with van der Waals surface area (Å²) in [6.45, 7) is 0. The minimum atomic E-state index is 0.562. The summed E-state index contributed by atoms with van der Waals surface area (Å²) in [5, 5.41) is 0. The van der Waals surface area contributed by atoms with Gasteiger partial charge in [-0.3, -0.25) is 4.99 Å². The maximum Gasteiger partial charge on any atom is 0.0407 e. The fourth-order valence-corrected chi connectivity index (χ4v) is 0.301. The number of rotatable bonds is 2. The summed E-state index contributed by atoms with van der Waals surface area (Å²) in [5.74, 6) is 0.562. The van der Waals surface area contributed by atoms with Gasteiger partial charge in [0.1, 0.15) is 0 Å². The Morgan fingerprint density at radius 3 is 2.86 bits per heavy atom. The molecular weight excluding hydrogens is 110 g/mol. The van der Waals surface area contributed by atoms with Gasteiger partial charge in [0, 0.05) is 19.1 Å². The quantitative estimate of drug-likeness (QED) is 0.384. The minimum absolute atomic E-state index is 0.562. The van der Waals surface area contributed by atoms with Gasteiger partial charge >= 0.3 is 0 Å². The lowest BCUT2D eigenvalue weighted by Gasteiger charge is -1.68. The van der Waals surface area contributed by atoms with Gasteiger partial charge < -0.3 is 0 Å². The summed E-state index contributed by atoms with van der Waals surface area (Å²) in [7, 11) is 1.72. The Bertz CT molecular complexity index is 76.1. The normalized spacial score (nSPS) is 11.7. The second-order valence-electron chi connectivity index (χ2n) is 0.990. The van der Waals surface area contributed by atoms with E-state index in [0.29, 0.717) is 5.88 Å². The van der Waals surface area contributed by atoms with Gasteiger partial charge in [0.15, 0.2) is 0 Å². The third kappa shape index (κ3) is 5.70. The van der Waals surface area contributed by atoms with Crippen molar-refractivity contribution in [2.75, 3.05) is 12.9 Å². The van der Waals surface area contributed by atoms with E-state index in [2.05, 4.69) is 4.99 Å². The van der Waals surface area contributed by atoms with Crippen LogP contribution in [-0.4, -0.2) is 19.1 Å². The summed E-state index contributed by atoms with van der Waals surface area (Å²) in [6, 6.07) is 0. The van der Waals surface area contributed by atoms with E-state index in [9.17, 15) is 0 Å². The Morgan fingerprint density at radius 2 is 2.43 bits per heavy atom. The van der Waals surface area contributed by atoms with Crippen LogP contribution in [0.25, 0.3) is 0 Å². The van der Waals surface area contributed by atoms with Crippen LogP contribution >= 0.6 is 11.6 Å². The van der Waals surface area contributed by atoms with Crippen LogP contribution in [0.5, 0.6) is 0 Å². The highest BCUT2D eigenvalue weighted by atomic mass is 35.5. The van der Waals surface area contributed by atoms with Gasteiger partial charge in [0.05, 0.1) is 0 Å². The van der Waals surface area contributed by atoms with Crippen LogP contribution < -0.4 is 0 Å². The molecule has 0 aliphatic heterocycles. The second kappa shape index (κ2) is 5.70. The molecule has 0 atom stereocenters. The van der Waals surface area contributed by atoms with Crippen molar-refractivity contribution in [1.82, 2.24) is 0 Å². The molecule has 0 saturated heterocycles. The highest BCUT2D eigenvalue weighted by Crippen LogP contribution is 1.73. The summed E-state index contributed by atoms with van der Waals surface area (Å²) in [5.41, 5.74) is 0. The molecule has 2 heteroatoms. The molecule has 0 saturated carbocycles. The molecule has 40 valence electrons. The van der Waals surface area contributed by atoms with Crippen molar-refractivity contribution in [3.63, 3.8) is 0 Å². The molecule has 1 nitrogen and oxygen atoms in total. The predicted octanol–water partition coefficient (Wildman–Crippen LogP) is 1.48. The summed E-state index contributed by atoms with van der Waals surface area (Å²) in [6.07, 6.45) is 5.34. The monoisotopic (exact) mass is 117 g/mol. The zero-order valence-corrected chi connectivity index (χ0v) is 5.02. The van der Waals surface area contributed by atoms with Gasteiger partial charge in [-0.15, -0.1) is 11.6 Å². The molecule has 0 N–H and O–H groups in total. The molecule has 0 heterocycles. The van der Waals surface area contributed by atoms with Gasteiger partial charge in [-0.2, -0.15) is 0 Å². The van der Waals surface area contributed by atoms with E-state index in [1.165, 1.54) is 0 Å². The van der Waals surface area contributed by atoms with E-state index in [1.807, 2.05) is 12.2 Å². The third-order valence-electron chi connectivity index (χ3n) is 0.460. The maximum atomic E-state index is 5.29. The number of allylic oxidation sites excluding steroid dienone is 2. The molecule has 0 aliphatic rings. The lowest BCUT2D eigenvalue weighted by atomic mass is 10.6. The molecule has 0 aromatic rings. The minimum Gasteiger partial charge on any atom is -0.297 e. The number of nitrogens with zero attached hydrogens (tertiary/aromatic N) is 1. The number of alkyl halides is 1. The summed E-state index contributed by atoms with van der Waals surface area (Å²) in [4.78, 5) is 3.70. The number of hydrogen-bond acceptors (Lipinski definition) is 1. The molecular formula is C5H8ClN. The van der Waals surface area contributed by atoms with Crippen molar-refractivity contribution in [1.29, 1.82) is 0 Å². The Balaban J connectivity index is 3.09. The van der Waals surface area contributed by atoms with E-state index in [4.69, 9.17) is 11.6 Å². The first kappa shape index (κ1) is 6.70. The Kier molecular flexibility index (Phi) is 5.46. The van der Waals surface area contributed by atoms with E-state index < -0.39 is 0 Å². The van der Waals surface area contributed by atoms with Crippen LogP contribution in [-0.2, 0) is 0 Å². The smallest absolute Gasteiger partial charge is 0.0407 e. The topological polar surface area (TPSA) is 12.4 Å². The maximum absolute atomic E-state index is 5.29. The Hall–Kier alpha value is -0.300. The highest BCUT2D eigenvalue weighted by molar-refractivity contribution is 6.19. The molecule has 0 rings (SSSR count). The van der Waals surface area contributed by atoms with Crippen LogP contribution in [0, 0.1) is 0 Å². The standard InChI is InChI=1S/C5H8ClN/c1-7-5-3-2-4-6/h2-3,5H,4H2,1H3/b3-2-,7-5?. The van der Waals surface area contributed by atoms with Crippen LogP contribution in [0.2, 0.25) is 0 Å². The number of aliphatic imine (C=N–C) groups is 1. The second-order valence-corrected chi connectivity index (χ2v) is 1.30. The van der Waals surface area contributed by atoms with Gasteiger partial charge in [0.25, 0.3) is 0 Å². The SMILES string of the molecule is CN=C/C=C\CCl. The Morgan fingerprint density at radius 1 is 1.71 bits per heavy atom. The molecule has 0 spiro atoms. The van der Waals surface area contributed by atoms with E-state index in [0.717, 1.165) is 0 Å². The molecule has 7 heavy (non-hydrogen) atoms. The van der Waals surface area contributed by atoms with E-state index in [1.54, 1.807) is 13.3 Å². The molecule has 0 fully saturated rings. The highest BCUT2D eigenvalue weighted by Gasteiger charge is 1.60. The van der Waals surface area contributed by atoms with Crippen LogP contribution in [0.15, 0.2) is 17.1 Å². The number of hydrogen-bond donors (Lipinski definition) is 0. The zero-order valence-electron chi connectivity index (χ0n) is 4.26. The van der Waals surface area contributed by atoms with Crippen LogP contribution in [0.1, 0.15) is 0 Å². The van der Waals surface area contributed by atoms with E-state index >= 15 is 0 Å². The van der Waals surface area contributed by atoms with Crippen molar-refractivity contribution in [2.45, 2.75) is 0 Å². The lowest BCUT2D eigenvalue weighted by molar-refractivity contribution is 1.47. The third-order valence-corrected chi connectivity index (χ3v) is 0.638. The molecule has 0 aliphatic carbocycles. The first-order chi connectivity index (χ1) is 3.41. The van der Waals surface area contributed by atoms with Crippen molar-refractivity contribution >= 4 is 17.8 Å². The van der Waals surface area contributed by atoms with Gasteiger partial charge in [-0.05, 0) is 6.08 Å². The number of halogens is 1. The van der Waals surface area contributed by atoms with Crippen molar-refractivity contribution in [2.24, 2.45) is 4.99 Å². The predicted molar refractivity (Wildman–Crippen MR) is 34.3 cm³/mol.